The molecular formula is C11H22N2O2. The lowest BCUT2D eigenvalue weighted by Gasteiger charge is -2.22. The van der Waals surface area contributed by atoms with E-state index >= 15 is 0 Å². The summed E-state index contributed by atoms with van der Waals surface area (Å²) in [5.74, 6) is 0. The molecule has 88 valence electrons. The number of hydrogen-bond donors (Lipinski definition) is 2. The normalized spacial score (nSPS) is 23.0. The lowest BCUT2D eigenvalue weighted by atomic mass is 10.1. The molecule has 0 aromatic carbocycles. The fraction of sp³-hybridized carbons (Fsp3) is 0.909. The second kappa shape index (κ2) is 5.35. The number of alkyl carbamates (subject to hydrolysis) is 1. The zero-order chi connectivity index (χ0) is 11.3. The zero-order valence-electron chi connectivity index (χ0n) is 9.93. The Bertz CT molecular complexity index is 203. The van der Waals surface area contributed by atoms with Gasteiger partial charge < -0.3 is 15.4 Å². The number of carbonyl (C=O) groups excluding carboxylic acids is 1. The highest BCUT2D eigenvalue weighted by molar-refractivity contribution is 5.68. The van der Waals surface area contributed by atoms with Crippen LogP contribution in [0.3, 0.4) is 0 Å². The number of amides is 1. The Morgan fingerprint density at radius 2 is 2.07 bits per heavy atom. The average molecular weight is 214 g/mol. The van der Waals surface area contributed by atoms with Crippen molar-refractivity contribution in [2.45, 2.75) is 51.7 Å². The summed E-state index contributed by atoms with van der Waals surface area (Å²) in [5.41, 5.74) is -0.410. The van der Waals surface area contributed by atoms with Crippen molar-refractivity contribution in [3.63, 3.8) is 0 Å². The summed E-state index contributed by atoms with van der Waals surface area (Å²) < 4.78 is 5.21. The van der Waals surface area contributed by atoms with Crippen molar-refractivity contribution in [1.82, 2.24) is 10.6 Å². The minimum Gasteiger partial charge on any atom is -0.444 e. The Labute approximate surface area is 91.8 Å². The van der Waals surface area contributed by atoms with Crippen LogP contribution in [-0.4, -0.2) is 30.8 Å². The van der Waals surface area contributed by atoms with Crippen LogP contribution in [0.5, 0.6) is 0 Å². The molecule has 1 aliphatic rings. The van der Waals surface area contributed by atoms with Crippen LogP contribution in [0.1, 0.15) is 40.0 Å². The van der Waals surface area contributed by atoms with Gasteiger partial charge >= 0.3 is 6.09 Å². The molecule has 4 nitrogen and oxygen atoms in total. The zero-order valence-corrected chi connectivity index (χ0v) is 9.93. The highest BCUT2D eigenvalue weighted by Crippen LogP contribution is 2.09. The Hall–Kier alpha value is -0.770. The molecule has 0 aliphatic carbocycles. The van der Waals surface area contributed by atoms with Crippen molar-refractivity contribution in [1.29, 1.82) is 0 Å². The highest BCUT2D eigenvalue weighted by Gasteiger charge is 2.19. The third-order valence-corrected chi connectivity index (χ3v) is 2.30. The van der Waals surface area contributed by atoms with Crippen LogP contribution in [0.15, 0.2) is 0 Å². The third kappa shape index (κ3) is 5.62. The fourth-order valence-corrected chi connectivity index (χ4v) is 1.64. The van der Waals surface area contributed by atoms with E-state index in [0.29, 0.717) is 0 Å². The van der Waals surface area contributed by atoms with Gasteiger partial charge in [-0.2, -0.15) is 0 Å². The fourth-order valence-electron chi connectivity index (χ4n) is 1.64. The van der Waals surface area contributed by atoms with Gasteiger partial charge in [-0.25, -0.2) is 4.79 Å². The largest absolute Gasteiger partial charge is 0.444 e. The van der Waals surface area contributed by atoms with E-state index in [9.17, 15) is 4.79 Å². The standard InChI is InChI=1S/C11H22N2O2/c1-11(2,3)15-10(14)13-9-5-4-7-12-8-6-9/h9,12H,4-8H2,1-3H3,(H,13,14). The number of ether oxygens (including phenoxy) is 1. The van der Waals surface area contributed by atoms with Crippen LogP contribution < -0.4 is 10.6 Å². The van der Waals surface area contributed by atoms with Gasteiger partial charge in [-0.15, -0.1) is 0 Å². The SMILES string of the molecule is CC(C)(C)OC(=O)NC1CCCNCC1. The monoisotopic (exact) mass is 214 g/mol. The van der Waals surface area contributed by atoms with Crippen LogP contribution in [0, 0.1) is 0 Å². The topological polar surface area (TPSA) is 50.4 Å². The van der Waals surface area contributed by atoms with Crippen LogP contribution in [0.2, 0.25) is 0 Å². The molecule has 4 heteroatoms. The maximum absolute atomic E-state index is 11.5. The minimum atomic E-state index is -0.410. The first kappa shape index (κ1) is 12.3. The smallest absolute Gasteiger partial charge is 0.407 e. The van der Waals surface area contributed by atoms with Crippen molar-refractivity contribution in [3.05, 3.63) is 0 Å². The summed E-state index contributed by atoms with van der Waals surface area (Å²) >= 11 is 0. The maximum Gasteiger partial charge on any atom is 0.407 e. The Morgan fingerprint density at radius 3 is 2.73 bits per heavy atom. The van der Waals surface area contributed by atoms with Gasteiger partial charge in [0.1, 0.15) is 5.60 Å². The minimum absolute atomic E-state index is 0.259. The van der Waals surface area contributed by atoms with Gasteiger partial charge in [-0.1, -0.05) is 0 Å². The predicted octanol–water partition coefficient (Wildman–Crippen LogP) is 1.65. The third-order valence-electron chi connectivity index (χ3n) is 2.30. The Kier molecular flexibility index (Phi) is 4.39. The Morgan fingerprint density at radius 1 is 1.33 bits per heavy atom. The Balaban J connectivity index is 2.30. The van der Waals surface area contributed by atoms with E-state index in [1.807, 2.05) is 20.8 Å². The summed E-state index contributed by atoms with van der Waals surface area (Å²) in [4.78, 5) is 11.5. The van der Waals surface area contributed by atoms with Gasteiger partial charge in [-0.3, -0.25) is 0 Å². The van der Waals surface area contributed by atoms with E-state index in [1.54, 1.807) is 0 Å². The van der Waals surface area contributed by atoms with E-state index in [4.69, 9.17) is 4.74 Å². The van der Waals surface area contributed by atoms with Crippen molar-refractivity contribution in [3.8, 4) is 0 Å². The molecule has 0 radical (unpaired) electrons. The number of nitrogens with one attached hydrogen (secondary N) is 2. The van der Waals surface area contributed by atoms with Crippen molar-refractivity contribution >= 4 is 6.09 Å². The molecule has 1 atom stereocenters. The van der Waals surface area contributed by atoms with E-state index in [2.05, 4.69) is 10.6 Å². The first-order valence-corrected chi connectivity index (χ1v) is 5.67. The average Bonchev–Trinajstić information content (AvgIpc) is 2.28. The molecule has 1 aliphatic heterocycles. The first-order chi connectivity index (χ1) is 6.97. The maximum atomic E-state index is 11.5. The van der Waals surface area contributed by atoms with Gasteiger partial charge in [0.2, 0.25) is 0 Å². The van der Waals surface area contributed by atoms with Crippen LogP contribution >= 0.6 is 0 Å². The molecule has 0 aromatic rings. The second-order valence-corrected chi connectivity index (χ2v) is 5.02. The van der Waals surface area contributed by atoms with Gasteiger partial charge in [0, 0.05) is 6.04 Å². The van der Waals surface area contributed by atoms with Crippen molar-refractivity contribution in [2.75, 3.05) is 13.1 Å². The number of hydrogen-bond acceptors (Lipinski definition) is 3. The van der Waals surface area contributed by atoms with Crippen molar-refractivity contribution in [2.24, 2.45) is 0 Å². The molecule has 0 bridgehead atoms. The molecular weight excluding hydrogens is 192 g/mol. The summed E-state index contributed by atoms with van der Waals surface area (Å²) in [6.07, 6.45) is 2.83. The van der Waals surface area contributed by atoms with Crippen LogP contribution in [0.25, 0.3) is 0 Å². The predicted molar refractivity (Wildman–Crippen MR) is 59.9 cm³/mol. The summed E-state index contributed by atoms with van der Waals surface area (Å²) in [6.45, 7) is 7.65. The van der Waals surface area contributed by atoms with E-state index in [-0.39, 0.29) is 12.1 Å². The van der Waals surface area contributed by atoms with E-state index in [1.165, 1.54) is 0 Å². The lowest BCUT2D eigenvalue weighted by Crippen LogP contribution is -2.39. The molecule has 1 saturated heterocycles. The molecule has 1 unspecified atom stereocenters. The summed E-state index contributed by atoms with van der Waals surface area (Å²) in [7, 11) is 0. The van der Waals surface area contributed by atoms with Crippen molar-refractivity contribution < 1.29 is 9.53 Å². The second-order valence-electron chi connectivity index (χ2n) is 5.02. The molecule has 2 N–H and O–H groups in total. The molecule has 1 heterocycles. The molecule has 0 saturated carbocycles. The van der Waals surface area contributed by atoms with Gasteiger partial charge in [0.05, 0.1) is 0 Å². The van der Waals surface area contributed by atoms with Crippen LogP contribution in [0.4, 0.5) is 4.79 Å². The van der Waals surface area contributed by atoms with Gasteiger partial charge in [-0.05, 0) is 53.1 Å². The molecule has 0 spiro atoms. The molecule has 0 aromatic heterocycles. The summed E-state index contributed by atoms with van der Waals surface area (Å²) in [6, 6.07) is 0.259. The number of rotatable bonds is 1. The molecule has 1 rings (SSSR count). The molecule has 1 amide bonds. The lowest BCUT2D eigenvalue weighted by molar-refractivity contribution is 0.0501. The highest BCUT2D eigenvalue weighted by atomic mass is 16.6. The number of carbonyl (C=O) groups is 1. The molecule has 1 fully saturated rings. The first-order valence-electron chi connectivity index (χ1n) is 5.67. The quantitative estimate of drug-likeness (QED) is 0.698. The summed E-state index contributed by atoms with van der Waals surface area (Å²) in [5, 5.41) is 6.22. The van der Waals surface area contributed by atoms with E-state index < -0.39 is 5.60 Å². The van der Waals surface area contributed by atoms with Gasteiger partial charge in [0.15, 0.2) is 0 Å². The van der Waals surface area contributed by atoms with Gasteiger partial charge in [0.25, 0.3) is 0 Å². The molecule has 15 heavy (non-hydrogen) atoms. The van der Waals surface area contributed by atoms with Crippen LogP contribution in [-0.2, 0) is 4.74 Å². The van der Waals surface area contributed by atoms with E-state index in [0.717, 1.165) is 32.4 Å².